The molecule has 0 aromatic rings. The van der Waals surface area contributed by atoms with E-state index in [1.807, 2.05) is 0 Å². The molecule has 0 radical (unpaired) electrons. The van der Waals surface area contributed by atoms with Crippen LogP contribution in [0.2, 0.25) is 0 Å². The Balaban J connectivity index is 2.15. The molecular formula is C11H20ClNO. The monoisotopic (exact) mass is 217 g/mol. The average Bonchev–Trinajstić information content (AvgIpc) is 2.95. The van der Waals surface area contributed by atoms with E-state index in [9.17, 15) is 4.79 Å². The fraction of sp³-hybridized carbons (Fsp3) is 0.909. The third-order valence-corrected chi connectivity index (χ3v) is 3.70. The van der Waals surface area contributed by atoms with E-state index in [0.29, 0.717) is 18.2 Å². The number of hydrogen-bond donors (Lipinski definition) is 1. The summed E-state index contributed by atoms with van der Waals surface area (Å²) in [7, 11) is 0. The summed E-state index contributed by atoms with van der Waals surface area (Å²) in [4.78, 5) is 11.4. The third kappa shape index (κ3) is 3.49. The number of nitrogens with one attached hydrogen (secondary N) is 1. The predicted molar refractivity (Wildman–Crippen MR) is 59.5 cm³/mol. The van der Waals surface area contributed by atoms with E-state index in [4.69, 9.17) is 11.6 Å². The molecule has 0 bridgehead atoms. The summed E-state index contributed by atoms with van der Waals surface area (Å²) in [5, 5.41) is 2.98. The van der Waals surface area contributed by atoms with E-state index in [2.05, 4.69) is 19.2 Å². The molecule has 1 rings (SSSR count). The van der Waals surface area contributed by atoms with Crippen molar-refractivity contribution >= 4 is 17.5 Å². The quantitative estimate of drug-likeness (QED) is 0.681. The van der Waals surface area contributed by atoms with Crippen LogP contribution in [0.1, 0.15) is 39.5 Å². The molecule has 1 aliphatic rings. The molecule has 1 N–H and O–H groups in total. The van der Waals surface area contributed by atoms with Gasteiger partial charge < -0.3 is 5.32 Å². The van der Waals surface area contributed by atoms with Gasteiger partial charge in [-0.15, -0.1) is 11.6 Å². The van der Waals surface area contributed by atoms with E-state index in [1.165, 1.54) is 12.8 Å². The van der Waals surface area contributed by atoms with Crippen LogP contribution in [0.3, 0.4) is 0 Å². The van der Waals surface area contributed by atoms with Crippen LogP contribution in [0.5, 0.6) is 0 Å². The summed E-state index contributed by atoms with van der Waals surface area (Å²) in [6, 6.07) is 0. The number of carbonyl (C=O) groups is 1. The Morgan fingerprint density at radius 1 is 1.57 bits per heavy atom. The molecule has 1 fully saturated rings. The Morgan fingerprint density at radius 3 is 2.64 bits per heavy atom. The number of alkyl halides is 1. The Bertz CT molecular complexity index is 201. The lowest BCUT2D eigenvalue weighted by Crippen LogP contribution is -2.31. The molecule has 2 nitrogen and oxygen atoms in total. The van der Waals surface area contributed by atoms with Gasteiger partial charge >= 0.3 is 0 Å². The normalized spacial score (nSPS) is 20.2. The van der Waals surface area contributed by atoms with Crippen LogP contribution in [0.25, 0.3) is 0 Å². The highest BCUT2D eigenvalue weighted by atomic mass is 35.5. The second-order valence-corrected chi connectivity index (χ2v) is 4.90. The zero-order valence-electron chi connectivity index (χ0n) is 9.11. The first kappa shape index (κ1) is 11.8. The lowest BCUT2D eigenvalue weighted by molar-refractivity contribution is -0.122. The molecule has 82 valence electrons. The van der Waals surface area contributed by atoms with Gasteiger partial charge in [-0.05, 0) is 18.8 Å². The van der Waals surface area contributed by atoms with Crippen LogP contribution in [-0.2, 0) is 4.79 Å². The SMILES string of the molecule is CCC(C)CC(=O)NCC1(CCl)CC1. The van der Waals surface area contributed by atoms with Crippen LogP contribution >= 0.6 is 11.6 Å². The van der Waals surface area contributed by atoms with Gasteiger partial charge in [0.1, 0.15) is 0 Å². The predicted octanol–water partition coefficient (Wildman–Crippen LogP) is 2.56. The minimum Gasteiger partial charge on any atom is -0.355 e. The number of rotatable bonds is 6. The maximum Gasteiger partial charge on any atom is 0.220 e. The summed E-state index contributed by atoms with van der Waals surface area (Å²) >= 11 is 5.82. The number of hydrogen-bond acceptors (Lipinski definition) is 1. The Hall–Kier alpha value is -0.240. The average molecular weight is 218 g/mol. The molecule has 0 aromatic carbocycles. The molecule has 1 aliphatic carbocycles. The van der Waals surface area contributed by atoms with Crippen molar-refractivity contribution in [2.45, 2.75) is 39.5 Å². The maximum absolute atomic E-state index is 11.4. The molecule has 1 unspecified atom stereocenters. The zero-order valence-corrected chi connectivity index (χ0v) is 9.86. The summed E-state index contributed by atoms with van der Waals surface area (Å²) in [5.41, 5.74) is 0.243. The van der Waals surface area contributed by atoms with E-state index in [-0.39, 0.29) is 11.3 Å². The Morgan fingerprint density at radius 2 is 2.21 bits per heavy atom. The zero-order chi connectivity index (χ0) is 10.6. The van der Waals surface area contributed by atoms with Crippen LogP contribution in [0, 0.1) is 11.3 Å². The van der Waals surface area contributed by atoms with Crippen molar-refractivity contribution in [1.29, 1.82) is 0 Å². The molecule has 0 saturated heterocycles. The molecule has 1 atom stereocenters. The fourth-order valence-corrected chi connectivity index (χ4v) is 1.72. The van der Waals surface area contributed by atoms with Gasteiger partial charge in [0.25, 0.3) is 0 Å². The van der Waals surface area contributed by atoms with Gasteiger partial charge in [-0.25, -0.2) is 0 Å². The van der Waals surface area contributed by atoms with Crippen LogP contribution in [-0.4, -0.2) is 18.3 Å². The van der Waals surface area contributed by atoms with Gasteiger partial charge in [0.15, 0.2) is 0 Å². The maximum atomic E-state index is 11.4. The molecule has 0 aromatic heterocycles. The van der Waals surface area contributed by atoms with Crippen molar-refractivity contribution in [2.75, 3.05) is 12.4 Å². The van der Waals surface area contributed by atoms with E-state index in [0.717, 1.165) is 13.0 Å². The number of carbonyl (C=O) groups excluding carboxylic acids is 1. The summed E-state index contributed by atoms with van der Waals surface area (Å²) in [5.74, 6) is 1.34. The second kappa shape index (κ2) is 5.01. The molecule has 0 heterocycles. The Kier molecular flexibility index (Phi) is 4.24. The lowest BCUT2D eigenvalue weighted by Gasteiger charge is -2.13. The highest BCUT2D eigenvalue weighted by Crippen LogP contribution is 2.45. The third-order valence-electron chi connectivity index (χ3n) is 3.13. The number of halogens is 1. The first-order valence-electron chi connectivity index (χ1n) is 5.44. The van der Waals surface area contributed by atoms with Crippen molar-refractivity contribution in [1.82, 2.24) is 5.32 Å². The van der Waals surface area contributed by atoms with Gasteiger partial charge in [0.2, 0.25) is 5.91 Å². The van der Waals surface area contributed by atoms with Crippen LogP contribution < -0.4 is 5.32 Å². The summed E-state index contributed by atoms with van der Waals surface area (Å²) in [6.07, 6.45) is 4.04. The molecular weight excluding hydrogens is 198 g/mol. The van der Waals surface area contributed by atoms with Crippen molar-refractivity contribution < 1.29 is 4.79 Å². The highest BCUT2D eigenvalue weighted by Gasteiger charge is 2.41. The highest BCUT2D eigenvalue weighted by molar-refractivity contribution is 6.18. The van der Waals surface area contributed by atoms with Crippen molar-refractivity contribution in [3.8, 4) is 0 Å². The molecule has 1 amide bonds. The van der Waals surface area contributed by atoms with Gasteiger partial charge in [-0.1, -0.05) is 20.3 Å². The number of amides is 1. The minimum absolute atomic E-state index is 0.177. The van der Waals surface area contributed by atoms with Gasteiger partial charge in [0.05, 0.1) is 0 Å². The molecule has 14 heavy (non-hydrogen) atoms. The topological polar surface area (TPSA) is 29.1 Å². The van der Waals surface area contributed by atoms with Crippen molar-refractivity contribution in [3.63, 3.8) is 0 Å². The van der Waals surface area contributed by atoms with Crippen LogP contribution in [0.4, 0.5) is 0 Å². The lowest BCUT2D eigenvalue weighted by atomic mass is 10.0. The largest absolute Gasteiger partial charge is 0.355 e. The first-order valence-corrected chi connectivity index (χ1v) is 5.98. The summed E-state index contributed by atoms with van der Waals surface area (Å²) < 4.78 is 0. The smallest absolute Gasteiger partial charge is 0.220 e. The fourth-order valence-electron chi connectivity index (χ4n) is 1.35. The van der Waals surface area contributed by atoms with Crippen molar-refractivity contribution in [2.24, 2.45) is 11.3 Å². The van der Waals surface area contributed by atoms with E-state index in [1.54, 1.807) is 0 Å². The van der Waals surface area contributed by atoms with E-state index < -0.39 is 0 Å². The standard InChI is InChI=1S/C11H20ClNO/c1-3-9(2)6-10(14)13-8-11(7-12)4-5-11/h9H,3-8H2,1-2H3,(H,13,14). The van der Waals surface area contributed by atoms with Crippen LogP contribution in [0.15, 0.2) is 0 Å². The first-order chi connectivity index (χ1) is 6.62. The molecule has 0 aliphatic heterocycles. The minimum atomic E-state index is 0.177. The summed E-state index contributed by atoms with van der Waals surface area (Å²) in [6.45, 7) is 4.99. The van der Waals surface area contributed by atoms with Crippen molar-refractivity contribution in [3.05, 3.63) is 0 Å². The Labute approximate surface area is 91.4 Å². The van der Waals surface area contributed by atoms with E-state index >= 15 is 0 Å². The molecule has 3 heteroatoms. The second-order valence-electron chi connectivity index (χ2n) is 4.63. The van der Waals surface area contributed by atoms with Gasteiger partial charge in [-0.2, -0.15) is 0 Å². The molecule has 0 spiro atoms. The molecule has 1 saturated carbocycles. The van der Waals surface area contributed by atoms with Gasteiger partial charge in [0, 0.05) is 24.3 Å². The van der Waals surface area contributed by atoms with Gasteiger partial charge in [-0.3, -0.25) is 4.79 Å².